The molecule has 0 bridgehead atoms. The van der Waals surface area contributed by atoms with Gasteiger partial charge in [-0.15, -0.1) is 0 Å². The minimum absolute atomic E-state index is 0.0867. The van der Waals surface area contributed by atoms with Gasteiger partial charge < -0.3 is 14.0 Å². The molecule has 8 heteroatoms. The molecule has 25 heavy (non-hydrogen) atoms. The Morgan fingerprint density at radius 2 is 2.28 bits per heavy atom. The first-order valence-corrected chi connectivity index (χ1v) is 8.43. The summed E-state index contributed by atoms with van der Waals surface area (Å²) in [5.41, 5.74) is 1.29. The Hall–Kier alpha value is -2.74. The van der Waals surface area contributed by atoms with Crippen LogP contribution in [-0.4, -0.2) is 55.1 Å². The molecule has 4 heterocycles. The smallest absolute Gasteiger partial charge is 0.274 e. The third-order valence-electron chi connectivity index (χ3n) is 4.45. The molecule has 1 aliphatic rings. The highest BCUT2D eigenvalue weighted by Gasteiger charge is 2.30. The van der Waals surface area contributed by atoms with E-state index in [4.69, 9.17) is 4.74 Å². The first-order valence-electron chi connectivity index (χ1n) is 8.43. The van der Waals surface area contributed by atoms with E-state index < -0.39 is 0 Å². The number of nitrogens with zero attached hydrogens (tertiary/aromatic N) is 5. The quantitative estimate of drug-likeness (QED) is 0.781. The van der Waals surface area contributed by atoms with Crippen LogP contribution in [0.4, 0.5) is 0 Å². The summed E-state index contributed by atoms with van der Waals surface area (Å²) in [6, 6.07) is 5.75. The van der Waals surface area contributed by atoms with Crippen LogP contribution < -0.4 is 0 Å². The molecule has 0 aromatic carbocycles. The van der Waals surface area contributed by atoms with Crippen molar-refractivity contribution in [1.82, 2.24) is 29.5 Å². The van der Waals surface area contributed by atoms with E-state index in [2.05, 4.69) is 20.2 Å². The summed E-state index contributed by atoms with van der Waals surface area (Å²) in [6.45, 7) is 5.31. The van der Waals surface area contributed by atoms with Crippen molar-refractivity contribution in [3.05, 3.63) is 47.6 Å². The average molecular weight is 340 g/mol. The maximum Gasteiger partial charge on any atom is 0.274 e. The molecule has 1 amide bonds. The first kappa shape index (κ1) is 15.8. The van der Waals surface area contributed by atoms with E-state index in [1.54, 1.807) is 4.90 Å². The number of carbonyl (C=O) groups is 1. The molecule has 1 saturated heterocycles. The maximum atomic E-state index is 13.0. The number of nitrogens with one attached hydrogen (secondary N) is 1. The second-order valence-electron chi connectivity index (χ2n) is 6.07. The minimum atomic E-state index is -0.316. The van der Waals surface area contributed by atoms with Gasteiger partial charge in [0.25, 0.3) is 5.91 Å². The minimum Gasteiger partial charge on any atom is -0.366 e. The first-order chi connectivity index (χ1) is 12.2. The number of fused-ring (bicyclic) bond motifs is 1. The molecular weight excluding hydrogens is 320 g/mol. The highest BCUT2D eigenvalue weighted by Crippen LogP contribution is 2.22. The van der Waals surface area contributed by atoms with Crippen molar-refractivity contribution in [1.29, 1.82) is 0 Å². The zero-order valence-corrected chi connectivity index (χ0v) is 14.3. The summed E-state index contributed by atoms with van der Waals surface area (Å²) in [4.78, 5) is 23.7. The second kappa shape index (κ2) is 6.29. The maximum absolute atomic E-state index is 13.0. The van der Waals surface area contributed by atoms with Gasteiger partial charge in [0.2, 0.25) is 0 Å². The number of aromatic amines is 1. The van der Waals surface area contributed by atoms with Crippen molar-refractivity contribution in [2.24, 2.45) is 0 Å². The van der Waals surface area contributed by atoms with Gasteiger partial charge in [-0.1, -0.05) is 13.0 Å². The Bertz CT molecular complexity index is 915. The fourth-order valence-electron chi connectivity index (χ4n) is 3.10. The van der Waals surface area contributed by atoms with Crippen molar-refractivity contribution in [3.63, 3.8) is 0 Å². The largest absolute Gasteiger partial charge is 0.366 e. The van der Waals surface area contributed by atoms with Gasteiger partial charge >= 0.3 is 0 Å². The number of hydrogen-bond donors (Lipinski definition) is 1. The van der Waals surface area contributed by atoms with Crippen LogP contribution in [0.3, 0.4) is 0 Å². The lowest BCUT2D eigenvalue weighted by Gasteiger charge is -2.31. The summed E-state index contributed by atoms with van der Waals surface area (Å²) >= 11 is 0. The number of hydrogen-bond acceptors (Lipinski definition) is 5. The molecule has 0 radical (unpaired) electrons. The number of aromatic nitrogens is 5. The van der Waals surface area contributed by atoms with Gasteiger partial charge in [-0.05, 0) is 19.1 Å². The molecule has 4 rings (SSSR count). The Balaban J connectivity index is 1.59. The Morgan fingerprint density at radius 3 is 3.08 bits per heavy atom. The highest BCUT2D eigenvalue weighted by atomic mass is 16.5. The summed E-state index contributed by atoms with van der Waals surface area (Å²) in [6.07, 6.45) is 2.38. The highest BCUT2D eigenvalue weighted by molar-refractivity contribution is 5.99. The monoisotopic (exact) mass is 340 g/mol. The van der Waals surface area contributed by atoms with Crippen LogP contribution in [-0.2, 0) is 11.2 Å². The van der Waals surface area contributed by atoms with E-state index >= 15 is 0 Å². The van der Waals surface area contributed by atoms with Crippen molar-refractivity contribution < 1.29 is 9.53 Å². The third-order valence-corrected chi connectivity index (χ3v) is 4.45. The van der Waals surface area contributed by atoms with Gasteiger partial charge in [-0.3, -0.25) is 9.89 Å². The summed E-state index contributed by atoms with van der Waals surface area (Å²) in [5.74, 6) is 2.12. The van der Waals surface area contributed by atoms with E-state index in [0.717, 1.165) is 23.6 Å². The van der Waals surface area contributed by atoms with Gasteiger partial charge in [-0.25, -0.2) is 9.97 Å². The van der Waals surface area contributed by atoms with Crippen LogP contribution in [0.15, 0.2) is 24.4 Å². The van der Waals surface area contributed by atoms with Crippen LogP contribution in [0.1, 0.15) is 41.0 Å². The lowest BCUT2D eigenvalue weighted by atomic mass is 10.2. The summed E-state index contributed by atoms with van der Waals surface area (Å²) in [7, 11) is 0. The number of ether oxygens (including phenoxy) is 1. The summed E-state index contributed by atoms with van der Waals surface area (Å²) in [5, 5.41) is 7.11. The lowest BCUT2D eigenvalue weighted by molar-refractivity contribution is -0.0267. The number of H-pyrrole nitrogens is 1. The van der Waals surface area contributed by atoms with Gasteiger partial charge in [0.1, 0.15) is 17.8 Å². The third kappa shape index (κ3) is 2.78. The van der Waals surface area contributed by atoms with Gasteiger partial charge in [-0.2, -0.15) is 5.10 Å². The van der Waals surface area contributed by atoms with Crippen molar-refractivity contribution >= 4 is 11.4 Å². The molecule has 1 N–H and O–H groups in total. The molecule has 0 unspecified atom stereocenters. The number of carbonyl (C=O) groups excluding carboxylic acids is 1. The fourth-order valence-corrected chi connectivity index (χ4v) is 3.10. The molecule has 1 atom stereocenters. The van der Waals surface area contributed by atoms with Crippen LogP contribution in [0.2, 0.25) is 0 Å². The standard InChI is InChI=1S/C17H20N6O2/c1-3-14-19-16(21-20-14)13-10-22(8-9-25-13)17(24)15-12-6-4-5-7-23(12)11(2)18-15/h4-7,13H,3,8-10H2,1-2H3,(H,19,20,21)/t13-/m1/s1. The predicted octanol–water partition coefficient (Wildman–Crippen LogP) is 1.54. The zero-order chi connectivity index (χ0) is 17.4. The van der Waals surface area contributed by atoms with Gasteiger partial charge in [0.15, 0.2) is 11.5 Å². The van der Waals surface area contributed by atoms with Crippen molar-refractivity contribution in [3.8, 4) is 0 Å². The number of rotatable bonds is 3. The molecule has 8 nitrogen and oxygen atoms in total. The van der Waals surface area contributed by atoms with E-state index in [1.165, 1.54) is 0 Å². The Kier molecular flexibility index (Phi) is 3.96. The number of amides is 1. The van der Waals surface area contributed by atoms with Crippen LogP contribution >= 0.6 is 0 Å². The molecule has 1 aliphatic heterocycles. The molecule has 0 saturated carbocycles. The number of pyridine rings is 1. The molecule has 3 aromatic rings. The van der Waals surface area contributed by atoms with Crippen LogP contribution in [0, 0.1) is 6.92 Å². The van der Waals surface area contributed by atoms with E-state index in [1.807, 2.05) is 42.6 Å². The average Bonchev–Trinajstić information content (AvgIpc) is 3.27. The molecule has 1 fully saturated rings. The lowest BCUT2D eigenvalue weighted by Crippen LogP contribution is -2.42. The van der Waals surface area contributed by atoms with Crippen LogP contribution in [0.5, 0.6) is 0 Å². The molecule has 3 aromatic heterocycles. The van der Waals surface area contributed by atoms with Gasteiger partial charge in [0, 0.05) is 19.2 Å². The SMILES string of the molecule is CCc1nc([C@H]2CN(C(=O)c3nc(C)n4ccccc34)CCO2)n[nH]1. The van der Waals surface area contributed by atoms with E-state index in [-0.39, 0.29) is 12.0 Å². The van der Waals surface area contributed by atoms with Crippen molar-refractivity contribution in [2.45, 2.75) is 26.4 Å². The molecule has 0 spiro atoms. The number of imidazole rings is 1. The molecular formula is C17H20N6O2. The van der Waals surface area contributed by atoms with E-state index in [9.17, 15) is 4.79 Å². The summed E-state index contributed by atoms with van der Waals surface area (Å²) < 4.78 is 7.69. The number of morpholine rings is 1. The topological polar surface area (TPSA) is 88.4 Å². The fraction of sp³-hybridized carbons (Fsp3) is 0.412. The van der Waals surface area contributed by atoms with Gasteiger partial charge in [0.05, 0.1) is 18.7 Å². The predicted molar refractivity (Wildman–Crippen MR) is 90.3 cm³/mol. The normalized spacial score (nSPS) is 18.0. The molecule has 130 valence electrons. The molecule has 0 aliphatic carbocycles. The zero-order valence-electron chi connectivity index (χ0n) is 14.3. The number of aryl methyl sites for hydroxylation is 2. The Labute approximate surface area is 144 Å². The van der Waals surface area contributed by atoms with Crippen LogP contribution in [0.25, 0.3) is 5.52 Å². The Morgan fingerprint density at radius 1 is 1.40 bits per heavy atom. The van der Waals surface area contributed by atoms with Crippen molar-refractivity contribution in [2.75, 3.05) is 19.7 Å². The van der Waals surface area contributed by atoms with E-state index in [0.29, 0.717) is 31.2 Å². The second-order valence-corrected chi connectivity index (χ2v) is 6.07.